The summed E-state index contributed by atoms with van der Waals surface area (Å²) in [5, 5.41) is 10.8. The van der Waals surface area contributed by atoms with Crippen molar-refractivity contribution in [3.8, 4) is 0 Å². The fraction of sp³-hybridized carbons (Fsp3) is 0.647. The summed E-state index contributed by atoms with van der Waals surface area (Å²) in [4.78, 5) is 20.6. The minimum Gasteiger partial charge on any atom is -0.258 e. The molecule has 0 saturated heterocycles. The smallest absolute Gasteiger partial charge is 0.258 e. The van der Waals surface area contributed by atoms with Gasteiger partial charge in [0.2, 0.25) is 0 Å². The Balaban J connectivity index is 2.01. The minimum absolute atomic E-state index is 0.0678. The zero-order chi connectivity index (χ0) is 16.0. The van der Waals surface area contributed by atoms with Crippen molar-refractivity contribution in [2.75, 3.05) is 6.61 Å². The third-order valence-corrected chi connectivity index (χ3v) is 3.57. The predicted molar refractivity (Wildman–Crippen MR) is 86.4 cm³/mol. The molecule has 0 aliphatic rings. The number of rotatable bonds is 13. The molecule has 0 radical (unpaired) electrons. The Kier molecular flexibility index (Phi) is 10.2. The van der Waals surface area contributed by atoms with Crippen molar-refractivity contribution >= 4 is 5.69 Å². The van der Waals surface area contributed by atoms with Crippen LogP contribution >= 0.6 is 0 Å². The highest BCUT2D eigenvalue weighted by molar-refractivity contribution is 5.39. The van der Waals surface area contributed by atoms with Crippen LogP contribution in [-0.4, -0.2) is 11.5 Å². The largest absolute Gasteiger partial charge is 0.275 e. The van der Waals surface area contributed by atoms with Gasteiger partial charge in [-0.2, -0.15) is 0 Å². The van der Waals surface area contributed by atoms with Crippen LogP contribution < -0.4 is 0 Å². The monoisotopic (exact) mass is 309 g/mol. The Bertz CT molecular complexity index is 423. The van der Waals surface area contributed by atoms with E-state index in [9.17, 15) is 10.1 Å². The summed E-state index contributed by atoms with van der Waals surface area (Å²) < 4.78 is 0. The van der Waals surface area contributed by atoms with Crippen LogP contribution in [0.4, 0.5) is 5.69 Å². The SMILES string of the molecule is CCCCCCCCCCOOCc1ccccc1[N+](=O)[O-]. The first-order valence-corrected chi connectivity index (χ1v) is 8.22. The average molecular weight is 309 g/mol. The number of nitro benzene ring substituents is 1. The van der Waals surface area contributed by atoms with Gasteiger partial charge in [0.1, 0.15) is 6.61 Å². The lowest BCUT2D eigenvalue weighted by molar-refractivity contribution is -0.387. The van der Waals surface area contributed by atoms with Gasteiger partial charge < -0.3 is 0 Å². The van der Waals surface area contributed by atoms with Crippen molar-refractivity contribution in [2.24, 2.45) is 0 Å². The van der Waals surface area contributed by atoms with E-state index in [1.54, 1.807) is 18.2 Å². The highest BCUT2D eigenvalue weighted by Crippen LogP contribution is 2.18. The Morgan fingerprint density at radius 1 is 0.955 bits per heavy atom. The lowest BCUT2D eigenvalue weighted by atomic mass is 10.1. The van der Waals surface area contributed by atoms with E-state index >= 15 is 0 Å². The fourth-order valence-corrected chi connectivity index (χ4v) is 2.27. The lowest BCUT2D eigenvalue weighted by Gasteiger charge is -2.05. The van der Waals surface area contributed by atoms with Crippen molar-refractivity contribution in [3.63, 3.8) is 0 Å². The summed E-state index contributed by atoms with van der Waals surface area (Å²) in [5.74, 6) is 0. The van der Waals surface area contributed by atoms with Gasteiger partial charge in [-0.25, -0.2) is 9.78 Å². The van der Waals surface area contributed by atoms with Crippen LogP contribution in [-0.2, 0) is 16.4 Å². The molecule has 0 aliphatic heterocycles. The van der Waals surface area contributed by atoms with E-state index in [2.05, 4.69) is 6.92 Å². The van der Waals surface area contributed by atoms with E-state index < -0.39 is 4.92 Å². The molecular weight excluding hydrogens is 282 g/mol. The lowest BCUT2D eigenvalue weighted by Crippen LogP contribution is -2.00. The molecule has 0 unspecified atom stereocenters. The van der Waals surface area contributed by atoms with Gasteiger partial charge in [-0.3, -0.25) is 10.1 Å². The number of hydrogen-bond acceptors (Lipinski definition) is 4. The van der Waals surface area contributed by atoms with E-state index in [1.165, 1.54) is 44.6 Å². The third kappa shape index (κ3) is 8.10. The second kappa shape index (κ2) is 12.1. The molecule has 22 heavy (non-hydrogen) atoms. The molecule has 0 N–H and O–H groups in total. The molecule has 0 aliphatic carbocycles. The average Bonchev–Trinajstić information content (AvgIpc) is 2.53. The molecule has 0 bridgehead atoms. The highest BCUT2D eigenvalue weighted by Gasteiger charge is 2.12. The molecule has 0 spiro atoms. The second-order valence-electron chi connectivity index (χ2n) is 5.44. The van der Waals surface area contributed by atoms with Crippen LogP contribution in [0.3, 0.4) is 0 Å². The normalized spacial score (nSPS) is 10.8. The van der Waals surface area contributed by atoms with Crippen molar-refractivity contribution in [1.29, 1.82) is 0 Å². The zero-order valence-electron chi connectivity index (χ0n) is 13.5. The van der Waals surface area contributed by atoms with E-state index in [4.69, 9.17) is 9.78 Å². The molecule has 1 rings (SSSR count). The van der Waals surface area contributed by atoms with Crippen LogP contribution in [0.15, 0.2) is 24.3 Å². The number of para-hydroxylation sites is 1. The Morgan fingerprint density at radius 2 is 1.59 bits per heavy atom. The molecule has 0 aromatic heterocycles. The molecule has 0 fully saturated rings. The van der Waals surface area contributed by atoms with Gasteiger partial charge in [-0.15, -0.1) is 0 Å². The second-order valence-corrected chi connectivity index (χ2v) is 5.44. The fourth-order valence-electron chi connectivity index (χ4n) is 2.27. The maximum atomic E-state index is 10.8. The van der Waals surface area contributed by atoms with Gasteiger partial charge in [0.25, 0.3) is 5.69 Å². The van der Waals surface area contributed by atoms with Gasteiger partial charge in [0.15, 0.2) is 0 Å². The molecule has 5 nitrogen and oxygen atoms in total. The summed E-state index contributed by atoms with van der Waals surface area (Å²) >= 11 is 0. The first-order chi connectivity index (χ1) is 10.8. The van der Waals surface area contributed by atoms with Crippen LogP contribution in [0.2, 0.25) is 0 Å². The van der Waals surface area contributed by atoms with E-state index in [0.717, 1.165) is 12.8 Å². The van der Waals surface area contributed by atoms with E-state index in [0.29, 0.717) is 12.2 Å². The number of hydrogen-bond donors (Lipinski definition) is 0. The first-order valence-electron chi connectivity index (χ1n) is 8.22. The van der Waals surface area contributed by atoms with E-state index in [1.807, 2.05) is 0 Å². The molecule has 0 heterocycles. The predicted octanol–water partition coefficient (Wildman–Crippen LogP) is 5.18. The Morgan fingerprint density at radius 3 is 2.27 bits per heavy atom. The summed E-state index contributed by atoms with van der Waals surface area (Å²) in [6.45, 7) is 2.87. The molecule has 0 saturated carbocycles. The molecule has 0 amide bonds. The van der Waals surface area contributed by atoms with Crippen LogP contribution in [0.5, 0.6) is 0 Å². The van der Waals surface area contributed by atoms with Gasteiger partial charge in [-0.05, 0) is 12.5 Å². The Labute approximate surface area is 132 Å². The summed E-state index contributed by atoms with van der Waals surface area (Å²) in [5.41, 5.74) is 0.599. The summed E-state index contributed by atoms with van der Waals surface area (Å²) in [6.07, 6.45) is 9.90. The maximum Gasteiger partial charge on any atom is 0.275 e. The highest BCUT2D eigenvalue weighted by atomic mass is 17.2. The van der Waals surface area contributed by atoms with Crippen LogP contribution in [0.1, 0.15) is 63.9 Å². The molecule has 5 heteroatoms. The molecule has 0 atom stereocenters. The summed E-state index contributed by atoms with van der Waals surface area (Å²) in [7, 11) is 0. The number of nitro groups is 1. The molecule has 1 aromatic rings. The molecule has 124 valence electrons. The van der Waals surface area contributed by atoms with Crippen molar-refractivity contribution < 1.29 is 14.7 Å². The van der Waals surface area contributed by atoms with Gasteiger partial charge in [0, 0.05) is 6.07 Å². The van der Waals surface area contributed by atoms with Gasteiger partial charge >= 0.3 is 0 Å². The van der Waals surface area contributed by atoms with E-state index in [-0.39, 0.29) is 12.3 Å². The van der Waals surface area contributed by atoms with Gasteiger partial charge in [-0.1, -0.05) is 64.0 Å². The van der Waals surface area contributed by atoms with Gasteiger partial charge in [0.05, 0.1) is 17.1 Å². The maximum absolute atomic E-state index is 10.8. The van der Waals surface area contributed by atoms with Crippen LogP contribution in [0, 0.1) is 10.1 Å². The quantitative estimate of drug-likeness (QED) is 0.218. The molecular formula is C17H27NO4. The number of benzene rings is 1. The molecule has 1 aromatic carbocycles. The van der Waals surface area contributed by atoms with Crippen molar-refractivity contribution in [2.45, 2.75) is 64.9 Å². The van der Waals surface area contributed by atoms with Crippen LogP contribution in [0.25, 0.3) is 0 Å². The third-order valence-electron chi connectivity index (χ3n) is 3.57. The topological polar surface area (TPSA) is 61.6 Å². The van der Waals surface area contributed by atoms with Crippen molar-refractivity contribution in [3.05, 3.63) is 39.9 Å². The zero-order valence-corrected chi connectivity index (χ0v) is 13.5. The number of unbranched alkanes of at least 4 members (excludes halogenated alkanes) is 7. The minimum atomic E-state index is -0.406. The van der Waals surface area contributed by atoms with Crippen molar-refractivity contribution in [1.82, 2.24) is 0 Å². The standard InChI is InChI=1S/C17H27NO4/c1-2-3-4-5-6-7-8-11-14-21-22-15-16-12-9-10-13-17(16)18(19)20/h9-10,12-13H,2-8,11,14-15H2,1H3. The Hall–Kier alpha value is -1.46. The number of nitrogens with zero attached hydrogens (tertiary/aromatic N) is 1. The summed E-state index contributed by atoms with van der Waals surface area (Å²) in [6, 6.07) is 6.54. The first kappa shape index (κ1) is 18.6.